The number of hydrogen-bond acceptors (Lipinski definition) is 3. The maximum atomic E-state index is 14.5. The third-order valence-electron chi connectivity index (χ3n) is 6.86. The van der Waals surface area contributed by atoms with Crippen LogP contribution in [0, 0.1) is 30.3 Å². The molecule has 0 aliphatic carbocycles. The van der Waals surface area contributed by atoms with E-state index in [9.17, 15) is 18.0 Å². The lowest BCUT2D eigenvalue weighted by atomic mass is 9.84. The molecular weight excluding hydrogens is 441 g/mol. The van der Waals surface area contributed by atoms with Crippen LogP contribution < -0.4 is 0 Å². The van der Waals surface area contributed by atoms with E-state index in [2.05, 4.69) is 4.90 Å². The predicted octanol–water partition coefficient (Wildman–Crippen LogP) is 5.60. The standard InChI is InChI=1S/C27H29F3N2O2/c1-18-22(11-14-34-18)27(33)31(2)26(16-21-5-3-4-6-23(21)28)20-9-12-32(13-10-20)17-19-7-8-24(29)25(30)15-19/h3-8,11,14-15,20,26H,9-10,12-13,16-17H2,1-2H3/t26-/m0/s1. The van der Waals surface area contributed by atoms with Gasteiger partial charge in [0.1, 0.15) is 11.6 Å². The molecule has 0 saturated carbocycles. The van der Waals surface area contributed by atoms with Gasteiger partial charge in [-0.25, -0.2) is 13.2 Å². The lowest BCUT2D eigenvalue weighted by molar-refractivity contribution is 0.0581. The van der Waals surface area contributed by atoms with E-state index < -0.39 is 11.6 Å². The summed E-state index contributed by atoms with van der Waals surface area (Å²) in [5.41, 5.74) is 1.82. The molecule has 0 spiro atoms. The first-order valence-electron chi connectivity index (χ1n) is 11.5. The predicted molar refractivity (Wildman–Crippen MR) is 124 cm³/mol. The summed E-state index contributed by atoms with van der Waals surface area (Å²) in [4.78, 5) is 17.2. The van der Waals surface area contributed by atoms with E-state index in [0.29, 0.717) is 29.9 Å². The van der Waals surface area contributed by atoms with Gasteiger partial charge in [-0.1, -0.05) is 24.3 Å². The van der Waals surface area contributed by atoms with Crippen LogP contribution in [0.4, 0.5) is 13.2 Å². The van der Waals surface area contributed by atoms with Gasteiger partial charge in [0.05, 0.1) is 11.8 Å². The molecule has 4 nitrogen and oxygen atoms in total. The van der Waals surface area contributed by atoms with Crippen LogP contribution in [0.3, 0.4) is 0 Å². The molecule has 34 heavy (non-hydrogen) atoms. The van der Waals surface area contributed by atoms with Crippen molar-refractivity contribution in [2.24, 2.45) is 5.92 Å². The van der Waals surface area contributed by atoms with Crippen molar-refractivity contribution in [3.8, 4) is 0 Å². The SMILES string of the molecule is Cc1occc1C(=O)N(C)[C@@H](Cc1ccccc1F)C1CCN(Cc2ccc(F)c(F)c2)CC1. The molecular formula is C27H29F3N2O2. The van der Waals surface area contributed by atoms with Crippen molar-refractivity contribution < 1.29 is 22.4 Å². The summed E-state index contributed by atoms with van der Waals surface area (Å²) in [5, 5.41) is 0. The summed E-state index contributed by atoms with van der Waals surface area (Å²) in [6.45, 7) is 3.79. The Balaban J connectivity index is 1.48. The first-order chi connectivity index (χ1) is 16.3. The highest BCUT2D eigenvalue weighted by Crippen LogP contribution is 2.29. The van der Waals surface area contributed by atoms with Gasteiger partial charge in [0.25, 0.3) is 5.91 Å². The second kappa shape index (κ2) is 10.5. The largest absolute Gasteiger partial charge is 0.469 e. The second-order valence-electron chi connectivity index (χ2n) is 9.03. The number of halogens is 3. The van der Waals surface area contributed by atoms with E-state index >= 15 is 0 Å². The molecule has 0 bridgehead atoms. The summed E-state index contributed by atoms with van der Waals surface area (Å²) in [6, 6.07) is 12.1. The van der Waals surface area contributed by atoms with Gasteiger partial charge in [-0.15, -0.1) is 0 Å². The highest BCUT2D eigenvalue weighted by molar-refractivity contribution is 5.95. The topological polar surface area (TPSA) is 36.7 Å². The molecule has 0 radical (unpaired) electrons. The van der Waals surface area contributed by atoms with Gasteiger partial charge >= 0.3 is 0 Å². The molecule has 3 aromatic rings. The Labute approximate surface area is 198 Å². The minimum atomic E-state index is -0.848. The van der Waals surface area contributed by atoms with Crippen molar-refractivity contribution in [1.82, 2.24) is 9.80 Å². The van der Waals surface area contributed by atoms with E-state index in [1.165, 1.54) is 18.4 Å². The van der Waals surface area contributed by atoms with Crippen LogP contribution in [0.2, 0.25) is 0 Å². The molecule has 1 aromatic heterocycles. The van der Waals surface area contributed by atoms with E-state index in [0.717, 1.165) is 37.6 Å². The number of likely N-dealkylation sites (N-methyl/N-ethyl adjacent to an activating group) is 1. The zero-order valence-corrected chi connectivity index (χ0v) is 19.4. The van der Waals surface area contributed by atoms with Crippen molar-refractivity contribution in [3.05, 3.63) is 94.7 Å². The third-order valence-corrected chi connectivity index (χ3v) is 6.86. The molecule has 1 aliphatic heterocycles. The number of piperidine rings is 1. The minimum absolute atomic E-state index is 0.142. The zero-order chi connectivity index (χ0) is 24.2. The summed E-state index contributed by atoms with van der Waals surface area (Å²) < 4.78 is 46.6. The summed E-state index contributed by atoms with van der Waals surface area (Å²) in [5.74, 6) is -1.38. The Bertz CT molecular complexity index is 1140. The van der Waals surface area contributed by atoms with Crippen molar-refractivity contribution >= 4 is 5.91 Å². The molecule has 0 N–H and O–H groups in total. The van der Waals surface area contributed by atoms with Crippen LogP contribution in [0.25, 0.3) is 0 Å². The van der Waals surface area contributed by atoms with Crippen LogP contribution in [0.5, 0.6) is 0 Å². The normalized spacial score (nSPS) is 15.9. The molecule has 1 atom stereocenters. The number of hydrogen-bond donors (Lipinski definition) is 0. The number of rotatable bonds is 7. The van der Waals surface area contributed by atoms with Gasteiger partial charge in [0.15, 0.2) is 11.6 Å². The van der Waals surface area contributed by atoms with E-state index in [-0.39, 0.29) is 23.7 Å². The smallest absolute Gasteiger partial charge is 0.257 e. The molecule has 2 heterocycles. The van der Waals surface area contributed by atoms with Crippen LogP contribution in [-0.2, 0) is 13.0 Å². The number of aryl methyl sites for hydroxylation is 1. The molecule has 7 heteroatoms. The second-order valence-corrected chi connectivity index (χ2v) is 9.03. The number of carbonyl (C=O) groups excluding carboxylic acids is 1. The minimum Gasteiger partial charge on any atom is -0.469 e. The van der Waals surface area contributed by atoms with E-state index in [4.69, 9.17) is 4.42 Å². The first kappa shape index (κ1) is 24.1. The fraction of sp³-hybridized carbons (Fsp3) is 0.370. The molecule has 4 rings (SSSR count). The van der Waals surface area contributed by atoms with Crippen LogP contribution >= 0.6 is 0 Å². The molecule has 0 unspecified atom stereocenters. The van der Waals surface area contributed by atoms with E-state index in [1.807, 2.05) is 6.07 Å². The Morgan fingerprint density at radius 3 is 2.44 bits per heavy atom. The van der Waals surface area contributed by atoms with E-state index in [1.54, 1.807) is 43.1 Å². The molecule has 1 fully saturated rings. The molecule has 1 aliphatic rings. The van der Waals surface area contributed by atoms with Gasteiger partial charge in [-0.05, 0) is 80.6 Å². The monoisotopic (exact) mass is 470 g/mol. The van der Waals surface area contributed by atoms with Crippen LogP contribution in [0.1, 0.15) is 40.1 Å². The molecule has 1 saturated heterocycles. The Kier molecular flexibility index (Phi) is 7.41. The van der Waals surface area contributed by atoms with Gasteiger partial charge in [0.2, 0.25) is 0 Å². The van der Waals surface area contributed by atoms with Crippen LogP contribution in [0.15, 0.2) is 59.2 Å². The van der Waals surface area contributed by atoms with Gasteiger partial charge in [-0.3, -0.25) is 9.69 Å². The van der Waals surface area contributed by atoms with Crippen molar-refractivity contribution in [2.45, 2.75) is 38.8 Å². The molecule has 2 aromatic carbocycles. The number of carbonyl (C=O) groups is 1. The average molecular weight is 471 g/mol. The lowest BCUT2D eigenvalue weighted by Crippen LogP contribution is -2.47. The Hall–Kier alpha value is -3.06. The number of benzene rings is 2. The highest BCUT2D eigenvalue weighted by atomic mass is 19.2. The summed E-state index contributed by atoms with van der Waals surface area (Å²) in [7, 11) is 1.77. The Morgan fingerprint density at radius 2 is 1.79 bits per heavy atom. The molecule has 180 valence electrons. The first-order valence-corrected chi connectivity index (χ1v) is 11.5. The average Bonchev–Trinajstić information content (AvgIpc) is 3.26. The number of nitrogens with zero attached hydrogens (tertiary/aromatic N) is 2. The summed E-state index contributed by atoms with van der Waals surface area (Å²) >= 11 is 0. The summed E-state index contributed by atoms with van der Waals surface area (Å²) in [6.07, 6.45) is 3.54. The molecule has 1 amide bonds. The van der Waals surface area contributed by atoms with Crippen molar-refractivity contribution in [1.29, 1.82) is 0 Å². The lowest BCUT2D eigenvalue weighted by Gasteiger charge is -2.40. The van der Waals surface area contributed by atoms with Crippen LogP contribution in [-0.4, -0.2) is 41.9 Å². The fourth-order valence-electron chi connectivity index (χ4n) is 4.85. The fourth-order valence-corrected chi connectivity index (χ4v) is 4.85. The number of amides is 1. The van der Waals surface area contributed by atoms with Gasteiger partial charge in [0, 0.05) is 19.6 Å². The maximum absolute atomic E-state index is 14.5. The number of furan rings is 1. The Morgan fingerprint density at radius 1 is 1.06 bits per heavy atom. The van der Waals surface area contributed by atoms with Crippen molar-refractivity contribution in [2.75, 3.05) is 20.1 Å². The zero-order valence-electron chi connectivity index (χ0n) is 19.4. The highest BCUT2D eigenvalue weighted by Gasteiger charge is 2.33. The van der Waals surface area contributed by atoms with Gasteiger partial charge in [-0.2, -0.15) is 0 Å². The maximum Gasteiger partial charge on any atom is 0.257 e. The van der Waals surface area contributed by atoms with Gasteiger partial charge < -0.3 is 9.32 Å². The van der Waals surface area contributed by atoms with Crippen molar-refractivity contribution in [3.63, 3.8) is 0 Å². The third kappa shape index (κ3) is 5.36. The number of likely N-dealkylation sites (tertiary alicyclic amines) is 1. The quantitative estimate of drug-likeness (QED) is 0.451.